The van der Waals surface area contributed by atoms with Crippen molar-refractivity contribution in [2.24, 2.45) is 0 Å². The lowest BCUT2D eigenvalue weighted by atomic mass is 9.96. The quantitative estimate of drug-likeness (QED) is 0.736. The summed E-state index contributed by atoms with van der Waals surface area (Å²) < 4.78 is 5.48. The van der Waals surface area contributed by atoms with Crippen molar-refractivity contribution < 1.29 is 9.53 Å². The van der Waals surface area contributed by atoms with Gasteiger partial charge in [-0.25, -0.2) is 9.78 Å². The average Bonchev–Trinajstić information content (AvgIpc) is 2.44. The van der Waals surface area contributed by atoms with Crippen LogP contribution in [0.1, 0.15) is 32.8 Å². The van der Waals surface area contributed by atoms with Crippen LogP contribution in [0.5, 0.6) is 0 Å². The number of aromatic nitrogens is 1. The van der Waals surface area contributed by atoms with Crippen LogP contribution in [0.15, 0.2) is 18.3 Å². The van der Waals surface area contributed by atoms with Gasteiger partial charge in [0.1, 0.15) is 11.4 Å². The Morgan fingerprint density at radius 1 is 1.38 bits per heavy atom. The van der Waals surface area contributed by atoms with Crippen molar-refractivity contribution in [2.45, 2.75) is 45.3 Å². The minimum Gasteiger partial charge on any atom is -0.444 e. The van der Waals surface area contributed by atoms with Gasteiger partial charge in [0.05, 0.1) is 0 Å². The van der Waals surface area contributed by atoms with E-state index in [0.717, 1.165) is 31.7 Å². The van der Waals surface area contributed by atoms with Gasteiger partial charge in [0.25, 0.3) is 0 Å². The van der Waals surface area contributed by atoms with Gasteiger partial charge >= 0.3 is 6.09 Å². The van der Waals surface area contributed by atoms with Crippen LogP contribution in [0.3, 0.4) is 0 Å². The summed E-state index contributed by atoms with van der Waals surface area (Å²) in [6.45, 7) is 7.96. The van der Waals surface area contributed by atoms with Crippen LogP contribution in [0, 0.1) is 0 Å². The Bertz CT molecular complexity index is 539. The van der Waals surface area contributed by atoms with E-state index in [1.165, 1.54) is 5.56 Å². The van der Waals surface area contributed by atoms with Gasteiger partial charge in [-0.05, 0) is 45.2 Å². The molecule has 1 unspecified atom stereocenters. The topological polar surface area (TPSA) is 45.7 Å². The molecule has 0 aromatic carbocycles. The van der Waals surface area contributed by atoms with Crippen molar-refractivity contribution >= 4 is 11.9 Å². The van der Waals surface area contributed by atoms with E-state index in [9.17, 15) is 4.79 Å². The zero-order chi connectivity index (χ0) is 15.0. The lowest BCUT2D eigenvalue weighted by Crippen LogP contribution is -2.57. The van der Waals surface area contributed by atoms with Gasteiger partial charge in [-0.2, -0.15) is 0 Å². The number of ether oxygens (including phenoxy) is 1. The molecule has 0 aliphatic carbocycles. The van der Waals surface area contributed by atoms with Crippen molar-refractivity contribution in [2.75, 3.05) is 24.5 Å². The molecule has 1 aromatic rings. The second kappa shape index (κ2) is 5.20. The first-order valence-electron chi connectivity index (χ1n) is 7.62. The molecule has 3 heterocycles. The van der Waals surface area contributed by atoms with Crippen LogP contribution >= 0.6 is 0 Å². The molecule has 1 aromatic heterocycles. The second-order valence-electron chi connectivity index (χ2n) is 6.80. The van der Waals surface area contributed by atoms with Crippen molar-refractivity contribution in [1.29, 1.82) is 0 Å². The molecule has 0 spiro atoms. The molecule has 1 fully saturated rings. The average molecular weight is 289 g/mol. The number of hydrogen-bond acceptors (Lipinski definition) is 4. The fraction of sp³-hybridized carbons (Fsp3) is 0.625. The summed E-state index contributed by atoms with van der Waals surface area (Å²) in [6, 6.07) is 4.50. The van der Waals surface area contributed by atoms with Crippen molar-refractivity contribution in [1.82, 2.24) is 9.88 Å². The highest BCUT2D eigenvalue weighted by Gasteiger charge is 2.35. The lowest BCUT2D eigenvalue weighted by molar-refractivity contribution is 0.0210. The number of nitrogens with zero attached hydrogens (tertiary/aromatic N) is 3. The van der Waals surface area contributed by atoms with E-state index >= 15 is 0 Å². The number of hydrogen-bond donors (Lipinski definition) is 0. The third-order valence-corrected chi connectivity index (χ3v) is 4.02. The first-order valence-corrected chi connectivity index (χ1v) is 7.62. The first kappa shape index (κ1) is 14.2. The van der Waals surface area contributed by atoms with Gasteiger partial charge in [0.15, 0.2) is 0 Å². The second-order valence-corrected chi connectivity index (χ2v) is 6.80. The molecule has 2 aliphatic heterocycles. The minimum atomic E-state index is -0.436. The highest BCUT2D eigenvalue weighted by Crippen LogP contribution is 2.30. The molecule has 21 heavy (non-hydrogen) atoms. The molecule has 3 rings (SSSR count). The van der Waals surface area contributed by atoms with E-state index in [4.69, 9.17) is 4.74 Å². The van der Waals surface area contributed by atoms with Gasteiger partial charge in [0.2, 0.25) is 0 Å². The van der Waals surface area contributed by atoms with E-state index in [2.05, 4.69) is 16.0 Å². The van der Waals surface area contributed by atoms with Crippen LogP contribution in [0.2, 0.25) is 0 Å². The molecule has 1 atom stereocenters. The van der Waals surface area contributed by atoms with Crippen molar-refractivity contribution in [3.63, 3.8) is 0 Å². The molecule has 2 aliphatic rings. The number of amides is 1. The van der Waals surface area contributed by atoms with Crippen LogP contribution in [-0.4, -0.2) is 47.3 Å². The fourth-order valence-corrected chi connectivity index (χ4v) is 3.08. The zero-order valence-corrected chi connectivity index (χ0v) is 13.0. The third kappa shape index (κ3) is 2.96. The predicted octanol–water partition coefficient (Wildman–Crippen LogP) is 2.45. The van der Waals surface area contributed by atoms with E-state index in [1.807, 2.05) is 37.9 Å². The maximum absolute atomic E-state index is 12.2. The number of rotatable bonds is 0. The smallest absolute Gasteiger partial charge is 0.410 e. The third-order valence-electron chi connectivity index (χ3n) is 4.02. The van der Waals surface area contributed by atoms with Crippen molar-refractivity contribution in [3.05, 3.63) is 23.9 Å². The Morgan fingerprint density at radius 2 is 2.19 bits per heavy atom. The van der Waals surface area contributed by atoms with E-state index in [-0.39, 0.29) is 6.09 Å². The summed E-state index contributed by atoms with van der Waals surface area (Å²) in [5, 5.41) is 0. The van der Waals surface area contributed by atoms with Crippen LogP contribution in [0.4, 0.5) is 10.6 Å². The predicted molar refractivity (Wildman–Crippen MR) is 81.5 cm³/mol. The summed E-state index contributed by atoms with van der Waals surface area (Å²) >= 11 is 0. The number of anilines is 1. The molecule has 0 N–H and O–H groups in total. The maximum atomic E-state index is 12.2. The summed E-state index contributed by atoms with van der Waals surface area (Å²) in [5.41, 5.74) is 0.883. The molecular formula is C16H23N3O2. The van der Waals surface area contributed by atoms with Crippen LogP contribution < -0.4 is 4.90 Å². The number of carbonyl (C=O) groups excluding carboxylic acids is 1. The number of aryl methyl sites for hydroxylation is 1. The minimum absolute atomic E-state index is 0.200. The van der Waals surface area contributed by atoms with Crippen molar-refractivity contribution in [3.8, 4) is 0 Å². The Labute approximate surface area is 125 Å². The molecule has 0 saturated carbocycles. The SMILES string of the molecule is CC(C)(C)OC(=O)N1CCN2c3ncccc3CCC2C1. The molecule has 114 valence electrons. The molecular weight excluding hydrogens is 266 g/mol. The number of pyridine rings is 1. The zero-order valence-electron chi connectivity index (χ0n) is 13.0. The maximum Gasteiger partial charge on any atom is 0.410 e. The molecule has 1 saturated heterocycles. The number of carbonyl (C=O) groups is 1. The van der Waals surface area contributed by atoms with Gasteiger partial charge in [-0.3, -0.25) is 0 Å². The van der Waals surface area contributed by atoms with Crippen LogP contribution in [-0.2, 0) is 11.2 Å². The Kier molecular flexibility index (Phi) is 3.51. The Hall–Kier alpha value is -1.78. The summed E-state index contributed by atoms with van der Waals surface area (Å²) in [4.78, 5) is 20.9. The van der Waals surface area contributed by atoms with E-state index < -0.39 is 5.60 Å². The normalized spacial score (nSPS) is 21.6. The summed E-state index contributed by atoms with van der Waals surface area (Å²) in [6.07, 6.45) is 3.75. The highest BCUT2D eigenvalue weighted by molar-refractivity contribution is 5.69. The number of piperazine rings is 1. The van der Waals surface area contributed by atoms with Gasteiger partial charge < -0.3 is 14.5 Å². The number of fused-ring (bicyclic) bond motifs is 3. The molecule has 0 bridgehead atoms. The molecule has 1 amide bonds. The Morgan fingerprint density at radius 3 is 2.95 bits per heavy atom. The van der Waals surface area contributed by atoms with E-state index in [1.54, 1.807) is 0 Å². The molecule has 5 nitrogen and oxygen atoms in total. The van der Waals surface area contributed by atoms with Crippen LogP contribution in [0.25, 0.3) is 0 Å². The lowest BCUT2D eigenvalue weighted by Gasteiger charge is -2.45. The standard InChI is InChI=1S/C16H23N3O2/c1-16(2,3)21-15(20)18-9-10-19-13(11-18)7-6-12-5-4-8-17-14(12)19/h4-5,8,13H,6-7,9-11H2,1-3H3. The summed E-state index contributed by atoms with van der Waals surface area (Å²) in [5.74, 6) is 1.09. The summed E-state index contributed by atoms with van der Waals surface area (Å²) in [7, 11) is 0. The Balaban J connectivity index is 1.70. The first-order chi connectivity index (χ1) is 9.94. The fourth-order valence-electron chi connectivity index (χ4n) is 3.08. The monoisotopic (exact) mass is 289 g/mol. The largest absolute Gasteiger partial charge is 0.444 e. The highest BCUT2D eigenvalue weighted by atomic mass is 16.6. The molecule has 0 radical (unpaired) electrons. The van der Waals surface area contributed by atoms with E-state index in [0.29, 0.717) is 12.6 Å². The van der Waals surface area contributed by atoms with Gasteiger partial charge in [0, 0.05) is 31.9 Å². The van der Waals surface area contributed by atoms with Gasteiger partial charge in [-0.15, -0.1) is 0 Å². The molecule has 5 heteroatoms. The van der Waals surface area contributed by atoms with Gasteiger partial charge in [-0.1, -0.05) is 6.07 Å².